The summed E-state index contributed by atoms with van der Waals surface area (Å²) in [5, 5.41) is 8.94. The summed E-state index contributed by atoms with van der Waals surface area (Å²) in [6.45, 7) is 5.62. The van der Waals surface area contributed by atoms with Crippen molar-refractivity contribution in [2.24, 2.45) is 10.7 Å². The van der Waals surface area contributed by atoms with Gasteiger partial charge in [-0.1, -0.05) is 12.6 Å². The van der Waals surface area contributed by atoms with E-state index in [0.29, 0.717) is 6.54 Å². The number of aliphatic imine (C=N–C) groups is 1. The lowest BCUT2D eigenvalue weighted by Gasteiger charge is -2.12. The molecule has 130 valence electrons. The minimum atomic E-state index is -4.03. The Labute approximate surface area is 140 Å². The fourth-order valence-electron chi connectivity index (χ4n) is 1.54. The maximum absolute atomic E-state index is 12.3. The molecule has 1 rings (SSSR count). The number of hydrogen-bond acceptors (Lipinski definition) is 6. The van der Waals surface area contributed by atoms with Gasteiger partial charge in [0.2, 0.25) is 5.90 Å². The first-order chi connectivity index (χ1) is 11.2. The van der Waals surface area contributed by atoms with Gasteiger partial charge in [0, 0.05) is 12.7 Å². The second-order valence-corrected chi connectivity index (χ2v) is 6.42. The van der Waals surface area contributed by atoms with Crippen molar-refractivity contribution in [2.45, 2.75) is 11.8 Å². The van der Waals surface area contributed by atoms with Gasteiger partial charge >= 0.3 is 5.97 Å². The molecular formula is C15H19N3O5S. The molecule has 0 saturated heterocycles. The van der Waals surface area contributed by atoms with Gasteiger partial charge < -0.3 is 15.6 Å². The van der Waals surface area contributed by atoms with Crippen LogP contribution >= 0.6 is 0 Å². The first-order valence-electron chi connectivity index (χ1n) is 6.74. The molecule has 1 aromatic carbocycles. The Balaban J connectivity index is 3.07. The predicted octanol–water partition coefficient (Wildman–Crippen LogP) is 1.08. The molecule has 0 spiro atoms. The van der Waals surface area contributed by atoms with Crippen molar-refractivity contribution in [1.29, 1.82) is 0 Å². The minimum Gasteiger partial charge on any atom is -0.480 e. The molecule has 0 unspecified atom stereocenters. The van der Waals surface area contributed by atoms with Crippen LogP contribution in [0.2, 0.25) is 0 Å². The molecule has 0 fully saturated rings. The monoisotopic (exact) mass is 353 g/mol. The number of carboxylic acid groups (broad SMARTS) is 1. The summed E-state index contributed by atoms with van der Waals surface area (Å²) in [6.07, 6.45) is 1.43. The van der Waals surface area contributed by atoms with Crippen molar-refractivity contribution >= 4 is 21.9 Å². The van der Waals surface area contributed by atoms with Gasteiger partial charge in [-0.25, -0.2) is 18.2 Å². The molecule has 0 aliphatic heterocycles. The van der Waals surface area contributed by atoms with Crippen molar-refractivity contribution in [3.05, 3.63) is 53.9 Å². The molecule has 0 saturated carbocycles. The van der Waals surface area contributed by atoms with Crippen LogP contribution in [-0.4, -0.2) is 39.0 Å². The number of hydrogen-bond donors (Lipinski definition) is 3. The Kier molecular flexibility index (Phi) is 6.69. The number of nitrogens with two attached hydrogens (primary N) is 1. The van der Waals surface area contributed by atoms with E-state index in [-0.39, 0.29) is 22.1 Å². The smallest absolute Gasteiger partial charge is 0.335 e. The fraction of sp³-hybridized carbons (Fsp3) is 0.200. The highest BCUT2D eigenvalue weighted by Crippen LogP contribution is 2.13. The SMILES string of the molecule is C=C(NS(=O)(=O)c1cccc(C(=O)O)c1)C(=N/C=C(\C)CN)OC. The number of nitrogens with zero attached hydrogens (tertiary/aromatic N) is 1. The second kappa shape index (κ2) is 8.27. The Hall–Kier alpha value is -2.65. The van der Waals surface area contributed by atoms with E-state index in [9.17, 15) is 13.2 Å². The van der Waals surface area contributed by atoms with Crippen LogP contribution in [0.3, 0.4) is 0 Å². The number of carboxylic acids is 1. The molecule has 0 heterocycles. The third-order valence-electron chi connectivity index (χ3n) is 2.82. The maximum Gasteiger partial charge on any atom is 0.335 e. The largest absolute Gasteiger partial charge is 0.480 e. The Morgan fingerprint density at radius 1 is 1.50 bits per heavy atom. The second-order valence-electron chi connectivity index (χ2n) is 4.73. The molecule has 0 aliphatic rings. The van der Waals surface area contributed by atoms with Crippen molar-refractivity contribution in [2.75, 3.05) is 13.7 Å². The average molecular weight is 353 g/mol. The lowest BCUT2D eigenvalue weighted by molar-refractivity contribution is 0.0696. The van der Waals surface area contributed by atoms with E-state index in [1.54, 1.807) is 6.92 Å². The van der Waals surface area contributed by atoms with E-state index in [4.69, 9.17) is 15.6 Å². The molecule has 0 amide bonds. The number of methoxy groups -OCH3 is 1. The van der Waals surface area contributed by atoms with E-state index in [0.717, 1.165) is 11.6 Å². The van der Waals surface area contributed by atoms with Gasteiger partial charge in [0.05, 0.1) is 17.6 Å². The van der Waals surface area contributed by atoms with Crippen LogP contribution in [0.5, 0.6) is 0 Å². The molecule has 0 atom stereocenters. The van der Waals surface area contributed by atoms with E-state index in [1.165, 1.54) is 31.5 Å². The summed E-state index contributed by atoms with van der Waals surface area (Å²) in [5.41, 5.74) is 5.95. The topological polar surface area (TPSA) is 131 Å². The van der Waals surface area contributed by atoms with Crippen molar-refractivity contribution in [1.82, 2.24) is 4.72 Å². The third kappa shape index (κ3) is 5.21. The van der Waals surface area contributed by atoms with Crippen LogP contribution in [0.4, 0.5) is 0 Å². The van der Waals surface area contributed by atoms with Crippen LogP contribution < -0.4 is 10.5 Å². The molecule has 24 heavy (non-hydrogen) atoms. The first-order valence-corrected chi connectivity index (χ1v) is 8.22. The molecule has 4 N–H and O–H groups in total. The molecule has 0 radical (unpaired) electrons. The molecule has 0 bridgehead atoms. The molecule has 8 nitrogen and oxygen atoms in total. The first kappa shape index (κ1) is 19.4. The zero-order valence-electron chi connectivity index (χ0n) is 13.3. The Morgan fingerprint density at radius 2 is 2.17 bits per heavy atom. The summed E-state index contributed by atoms with van der Waals surface area (Å²) >= 11 is 0. The highest BCUT2D eigenvalue weighted by Gasteiger charge is 2.19. The maximum atomic E-state index is 12.3. The molecule has 0 aliphatic carbocycles. The lowest BCUT2D eigenvalue weighted by Crippen LogP contribution is -2.27. The van der Waals surface area contributed by atoms with Gasteiger partial charge in [0.1, 0.15) is 5.70 Å². The van der Waals surface area contributed by atoms with E-state index >= 15 is 0 Å². The van der Waals surface area contributed by atoms with Gasteiger partial charge in [-0.3, -0.25) is 4.72 Å². The number of aromatic carboxylic acids is 1. The number of nitrogens with one attached hydrogen (secondary N) is 1. The lowest BCUT2D eigenvalue weighted by atomic mass is 10.2. The number of carbonyl (C=O) groups is 1. The van der Waals surface area contributed by atoms with Crippen LogP contribution in [0.1, 0.15) is 17.3 Å². The van der Waals surface area contributed by atoms with Crippen LogP contribution in [0, 0.1) is 0 Å². The molecule has 9 heteroatoms. The van der Waals surface area contributed by atoms with Gasteiger partial charge in [0.25, 0.3) is 10.0 Å². The Morgan fingerprint density at radius 3 is 2.71 bits per heavy atom. The average Bonchev–Trinajstić information content (AvgIpc) is 2.54. The van der Waals surface area contributed by atoms with Crippen molar-refractivity contribution < 1.29 is 23.1 Å². The van der Waals surface area contributed by atoms with Gasteiger partial charge in [-0.2, -0.15) is 0 Å². The van der Waals surface area contributed by atoms with Gasteiger partial charge in [-0.05, 0) is 30.7 Å². The number of rotatable bonds is 7. The van der Waals surface area contributed by atoms with Crippen LogP contribution in [-0.2, 0) is 14.8 Å². The fourth-order valence-corrected chi connectivity index (χ4v) is 2.61. The zero-order chi connectivity index (χ0) is 18.3. The van der Waals surface area contributed by atoms with Gasteiger partial charge in [0.15, 0.2) is 0 Å². The normalized spacial score (nSPS) is 12.6. The highest BCUT2D eigenvalue weighted by atomic mass is 32.2. The number of sulfonamides is 1. The molecule has 0 aromatic heterocycles. The van der Waals surface area contributed by atoms with Gasteiger partial charge in [-0.15, -0.1) is 0 Å². The van der Waals surface area contributed by atoms with Crippen molar-refractivity contribution in [3.8, 4) is 0 Å². The quantitative estimate of drug-likeness (QED) is 0.496. The summed E-state index contributed by atoms with van der Waals surface area (Å²) in [4.78, 5) is 14.7. The molecular weight excluding hydrogens is 334 g/mol. The summed E-state index contributed by atoms with van der Waals surface area (Å²) in [5.74, 6) is -1.27. The highest BCUT2D eigenvalue weighted by molar-refractivity contribution is 7.89. The predicted molar refractivity (Wildman–Crippen MR) is 90.1 cm³/mol. The third-order valence-corrected chi connectivity index (χ3v) is 4.21. The summed E-state index contributed by atoms with van der Waals surface area (Å²) < 4.78 is 31.8. The standard InChI is InChI=1S/C15H19N3O5S/c1-10(8-16)9-17-14(23-3)11(2)18-24(21,22)13-6-4-5-12(7-13)15(19)20/h4-7,9,18H,2,8,16H2,1,3H3,(H,19,20)/b10-9+,17-14?. The minimum absolute atomic E-state index is 0.0410. The summed E-state index contributed by atoms with van der Waals surface area (Å²) in [7, 11) is -2.72. The van der Waals surface area contributed by atoms with E-state index < -0.39 is 16.0 Å². The van der Waals surface area contributed by atoms with E-state index in [1.807, 2.05) is 0 Å². The summed E-state index contributed by atoms with van der Waals surface area (Å²) in [6, 6.07) is 4.93. The van der Waals surface area contributed by atoms with Crippen molar-refractivity contribution in [3.63, 3.8) is 0 Å². The van der Waals surface area contributed by atoms with E-state index in [2.05, 4.69) is 16.3 Å². The molecule has 1 aromatic rings. The van der Waals surface area contributed by atoms with Crippen LogP contribution in [0.25, 0.3) is 0 Å². The number of ether oxygens (including phenoxy) is 1. The Bertz CT molecular complexity index is 797. The zero-order valence-corrected chi connectivity index (χ0v) is 14.1. The van der Waals surface area contributed by atoms with Crippen LogP contribution in [0.15, 0.2) is 58.2 Å². The number of benzene rings is 1.